The number of nitrogens with one attached hydrogen (secondary N) is 1. The molecule has 1 aromatic heterocycles. The van der Waals surface area contributed by atoms with E-state index in [9.17, 15) is 23.3 Å². The van der Waals surface area contributed by atoms with Crippen molar-refractivity contribution in [3.63, 3.8) is 0 Å². The molecule has 0 bridgehead atoms. The van der Waals surface area contributed by atoms with E-state index in [4.69, 9.17) is 0 Å². The van der Waals surface area contributed by atoms with E-state index in [1.807, 2.05) is 0 Å². The molecule has 0 spiro atoms. The number of alkyl halides is 3. The highest BCUT2D eigenvalue weighted by atomic mass is 19.4. The fourth-order valence-corrected chi connectivity index (χ4v) is 2.42. The molecule has 0 unspecified atom stereocenters. The second kappa shape index (κ2) is 5.88. The lowest BCUT2D eigenvalue weighted by Gasteiger charge is -2.09. The third-order valence-electron chi connectivity index (χ3n) is 3.42. The van der Waals surface area contributed by atoms with Gasteiger partial charge in [-0.1, -0.05) is 12.1 Å². The van der Waals surface area contributed by atoms with Crippen LogP contribution in [0.3, 0.4) is 0 Å². The maximum absolute atomic E-state index is 12.1. The van der Waals surface area contributed by atoms with Crippen LogP contribution in [0.5, 0.6) is 5.75 Å². The van der Waals surface area contributed by atoms with Crippen LogP contribution in [0.25, 0.3) is 10.9 Å². The maximum atomic E-state index is 12.1. The van der Waals surface area contributed by atoms with E-state index in [1.165, 1.54) is 36.4 Å². The van der Waals surface area contributed by atoms with E-state index in [-0.39, 0.29) is 11.4 Å². The van der Waals surface area contributed by atoms with Gasteiger partial charge < -0.3 is 9.72 Å². The Bertz CT molecular complexity index is 886. The highest BCUT2D eigenvalue weighted by molar-refractivity contribution is 5.82. The molecule has 0 aliphatic heterocycles. The number of halogens is 3. The van der Waals surface area contributed by atoms with Gasteiger partial charge in [0.25, 0.3) is 5.69 Å². The molecule has 0 atom stereocenters. The summed E-state index contributed by atoms with van der Waals surface area (Å²) in [6.07, 6.45) is -4.26. The fourth-order valence-electron chi connectivity index (χ4n) is 2.42. The van der Waals surface area contributed by atoms with Crippen molar-refractivity contribution in [2.45, 2.75) is 12.8 Å². The van der Waals surface area contributed by atoms with Gasteiger partial charge in [-0.05, 0) is 29.8 Å². The number of nitrogens with zero attached hydrogens (tertiary/aromatic N) is 1. The topological polar surface area (TPSA) is 68.2 Å². The molecule has 0 saturated heterocycles. The quantitative estimate of drug-likeness (QED) is 0.561. The van der Waals surface area contributed by atoms with Gasteiger partial charge in [0.05, 0.1) is 4.92 Å². The zero-order valence-corrected chi connectivity index (χ0v) is 12.1. The molecule has 1 N–H and O–H groups in total. The molecule has 24 heavy (non-hydrogen) atoms. The van der Waals surface area contributed by atoms with Crippen molar-refractivity contribution in [2.24, 2.45) is 0 Å². The van der Waals surface area contributed by atoms with Crippen LogP contribution in [-0.4, -0.2) is 16.3 Å². The van der Waals surface area contributed by atoms with Gasteiger partial charge in [0.1, 0.15) is 5.75 Å². The zero-order valence-electron chi connectivity index (χ0n) is 12.1. The summed E-state index contributed by atoms with van der Waals surface area (Å²) in [7, 11) is 0. The molecule has 5 nitrogen and oxygen atoms in total. The Morgan fingerprint density at radius 3 is 2.42 bits per heavy atom. The highest BCUT2D eigenvalue weighted by Crippen LogP contribution is 2.25. The van der Waals surface area contributed by atoms with Gasteiger partial charge >= 0.3 is 6.36 Å². The van der Waals surface area contributed by atoms with E-state index < -0.39 is 11.3 Å². The van der Waals surface area contributed by atoms with E-state index in [0.29, 0.717) is 11.8 Å². The molecule has 0 radical (unpaired) electrons. The van der Waals surface area contributed by atoms with Crippen LogP contribution < -0.4 is 4.74 Å². The van der Waals surface area contributed by atoms with Crippen LogP contribution in [0.15, 0.2) is 48.5 Å². The van der Waals surface area contributed by atoms with Crippen molar-refractivity contribution in [3.05, 3.63) is 69.9 Å². The molecule has 124 valence electrons. The van der Waals surface area contributed by atoms with Gasteiger partial charge in [-0.3, -0.25) is 10.1 Å². The van der Waals surface area contributed by atoms with Gasteiger partial charge in [-0.15, -0.1) is 13.2 Å². The van der Waals surface area contributed by atoms with E-state index >= 15 is 0 Å². The number of fused-ring (bicyclic) bond motifs is 1. The Labute approximate surface area is 133 Å². The van der Waals surface area contributed by atoms with E-state index in [0.717, 1.165) is 16.8 Å². The summed E-state index contributed by atoms with van der Waals surface area (Å²) in [5, 5.41) is 11.5. The normalized spacial score (nSPS) is 11.6. The van der Waals surface area contributed by atoms with Crippen molar-refractivity contribution >= 4 is 16.6 Å². The standard InChI is InChI=1S/C16H11F3N2O3/c17-16(18,19)24-14-4-1-10(2-5-14)7-12-8-11-9-13(21(22)23)3-6-15(11)20-12/h1-6,8-9,20H,7H2. The summed E-state index contributed by atoms with van der Waals surface area (Å²) >= 11 is 0. The first-order chi connectivity index (χ1) is 11.3. The van der Waals surface area contributed by atoms with Crippen LogP contribution in [0, 0.1) is 10.1 Å². The molecule has 1 heterocycles. The number of aromatic amines is 1. The number of benzene rings is 2. The number of hydrogen-bond acceptors (Lipinski definition) is 3. The third kappa shape index (κ3) is 3.65. The first-order valence-corrected chi connectivity index (χ1v) is 6.91. The number of non-ortho nitro benzene ring substituents is 1. The molecule has 0 aliphatic rings. The van der Waals surface area contributed by atoms with Crippen molar-refractivity contribution in [3.8, 4) is 5.75 Å². The summed E-state index contributed by atoms with van der Waals surface area (Å²) in [5.41, 5.74) is 2.34. The van der Waals surface area contributed by atoms with Crippen molar-refractivity contribution in [1.29, 1.82) is 0 Å². The van der Waals surface area contributed by atoms with Gasteiger partial charge in [0.15, 0.2) is 0 Å². The first kappa shape index (κ1) is 15.9. The Morgan fingerprint density at radius 1 is 1.08 bits per heavy atom. The Kier molecular flexibility index (Phi) is 3.88. The first-order valence-electron chi connectivity index (χ1n) is 6.91. The molecular weight excluding hydrogens is 325 g/mol. The number of ether oxygens (including phenoxy) is 1. The Balaban J connectivity index is 1.78. The van der Waals surface area contributed by atoms with Crippen molar-refractivity contribution < 1.29 is 22.8 Å². The summed E-state index contributed by atoms with van der Waals surface area (Å²) in [6, 6.07) is 11.8. The minimum atomic E-state index is -4.71. The SMILES string of the molecule is O=[N+]([O-])c1ccc2[nH]c(Cc3ccc(OC(F)(F)F)cc3)cc2c1. The average Bonchev–Trinajstić information content (AvgIpc) is 2.89. The molecule has 0 saturated carbocycles. The minimum absolute atomic E-state index is 0.00158. The van der Waals surface area contributed by atoms with Crippen LogP contribution in [0.2, 0.25) is 0 Å². The number of nitro benzene ring substituents is 1. The lowest BCUT2D eigenvalue weighted by atomic mass is 10.1. The molecule has 0 aliphatic carbocycles. The summed E-state index contributed by atoms with van der Waals surface area (Å²) in [5.74, 6) is -0.279. The lowest BCUT2D eigenvalue weighted by Crippen LogP contribution is -2.17. The number of rotatable bonds is 4. The number of hydrogen-bond donors (Lipinski definition) is 1. The van der Waals surface area contributed by atoms with Crippen molar-refractivity contribution in [1.82, 2.24) is 4.98 Å². The predicted octanol–water partition coefficient (Wildman–Crippen LogP) is 4.57. The molecule has 8 heteroatoms. The van der Waals surface area contributed by atoms with Crippen molar-refractivity contribution in [2.75, 3.05) is 0 Å². The third-order valence-corrected chi connectivity index (χ3v) is 3.42. The number of nitro groups is 1. The van der Waals surface area contributed by atoms with Gasteiger partial charge in [-0.25, -0.2) is 0 Å². The predicted molar refractivity (Wildman–Crippen MR) is 80.9 cm³/mol. The second-order valence-corrected chi connectivity index (χ2v) is 5.19. The molecule has 2 aromatic carbocycles. The maximum Gasteiger partial charge on any atom is 0.573 e. The average molecular weight is 336 g/mol. The van der Waals surface area contributed by atoms with Gasteiger partial charge in [-0.2, -0.15) is 0 Å². The monoisotopic (exact) mass is 336 g/mol. The van der Waals surface area contributed by atoms with Crippen LogP contribution in [0.1, 0.15) is 11.3 Å². The van der Waals surface area contributed by atoms with Gasteiger partial charge in [0.2, 0.25) is 0 Å². The summed E-state index contributed by atoms with van der Waals surface area (Å²) in [6.45, 7) is 0. The van der Waals surface area contributed by atoms with Gasteiger partial charge in [0, 0.05) is 35.2 Å². The van der Waals surface area contributed by atoms with E-state index in [2.05, 4.69) is 9.72 Å². The summed E-state index contributed by atoms with van der Waals surface area (Å²) in [4.78, 5) is 13.4. The van der Waals surface area contributed by atoms with Crippen LogP contribution >= 0.6 is 0 Å². The Morgan fingerprint density at radius 2 is 1.79 bits per heavy atom. The summed E-state index contributed by atoms with van der Waals surface area (Å²) < 4.78 is 40.2. The molecular formula is C16H11F3N2O3. The van der Waals surface area contributed by atoms with E-state index in [1.54, 1.807) is 12.1 Å². The number of aromatic nitrogens is 1. The molecule has 0 fully saturated rings. The lowest BCUT2D eigenvalue weighted by molar-refractivity contribution is -0.384. The highest BCUT2D eigenvalue weighted by Gasteiger charge is 2.30. The minimum Gasteiger partial charge on any atom is -0.406 e. The Hall–Kier alpha value is -3.03. The second-order valence-electron chi connectivity index (χ2n) is 5.19. The molecule has 3 rings (SSSR count). The molecule has 0 amide bonds. The molecule has 3 aromatic rings. The largest absolute Gasteiger partial charge is 0.573 e. The fraction of sp³-hybridized carbons (Fsp3) is 0.125. The van der Waals surface area contributed by atoms with Crippen LogP contribution in [0.4, 0.5) is 18.9 Å². The van der Waals surface area contributed by atoms with Crippen LogP contribution in [-0.2, 0) is 6.42 Å². The number of H-pyrrole nitrogens is 1. The smallest absolute Gasteiger partial charge is 0.406 e. The zero-order chi connectivity index (χ0) is 17.3.